The maximum Gasteiger partial charge on any atom is 0.245 e. The minimum absolute atomic E-state index is 0.390. The zero-order valence-electron chi connectivity index (χ0n) is 11.6. The Morgan fingerprint density at radius 3 is 2.63 bits per heavy atom. The fourth-order valence-electron chi connectivity index (χ4n) is 1.76. The first kappa shape index (κ1) is 17.1. The van der Waals surface area contributed by atoms with Crippen LogP contribution in [-0.4, -0.2) is 32.9 Å². The molecular formula is C12H21BrN2O2S2. The van der Waals surface area contributed by atoms with E-state index in [1.54, 1.807) is 10.4 Å². The Balaban J connectivity index is 3.03. The summed E-state index contributed by atoms with van der Waals surface area (Å²) in [4.78, 5) is 1.40. The Bertz CT molecular complexity index is 500. The first-order chi connectivity index (χ1) is 8.97. The molecule has 0 radical (unpaired) electrons. The SMILES string of the molecule is CCCCN(CC)S(=O)(=O)c1cc(CNC)sc1Br. The van der Waals surface area contributed by atoms with Gasteiger partial charge in [-0.25, -0.2) is 8.42 Å². The van der Waals surface area contributed by atoms with Gasteiger partial charge in [0.2, 0.25) is 10.0 Å². The maximum atomic E-state index is 12.6. The Morgan fingerprint density at radius 2 is 2.11 bits per heavy atom. The highest BCUT2D eigenvalue weighted by molar-refractivity contribution is 9.11. The molecule has 0 bridgehead atoms. The van der Waals surface area contributed by atoms with Crippen LogP contribution >= 0.6 is 27.3 Å². The molecule has 19 heavy (non-hydrogen) atoms. The van der Waals surface area contributed by atoms with Gasteiger partial charge in [0.25, 0.3) is 0 Å². The van der Waals surface area contributed by atoms with E-state index in [-0.39, 0.29) is 0 Å². The Morgan fingerprint density at radius 1 is 1.42 bits per heavy atom. The topological polar surface area (TPSA) is 49.4 Å². The molecule has 0 atom stereocenters. The molecule has 0 amide bonds. The quantitative estimate of drug-likeness (QED) is 0.766. The van der Waals surface area contributed by atoms with Crippen LogP contribution in [0.15, 0.2) is 14.7 Å². The number of nitrogens with zero attached hydrogens (tertiary/aromatic N) is 1. The zero-order valence-corrected chi connectivity index (χ0v) is 14.8. The first-order valence-electron chi connectivity index (χ1n) is 6.40. The smallest absolute Gasteiger partial charge is 0.245 e. The van der Waals surface area contributed by atoms with E-state index in [9.17, 15) is 8.42 Å². The van der Waals surface area contributed by atoms with Crippen LogP contribution in [0, 0.1) is 0 Å². The lowest BCUT2D eigenvalue weighted by molar-refractivity contribution is 0.419. The molecule has 0 aromatic carbocycles. The first-order valence-corrected chi connectivity index (χ1v) is 9.45. The van der Waals surface area contributed by atoms with E-state index in [0.717, 1.165) is 17.7 Å². The number of hydrogen-bond acceptors (Lipinski definition) is 4. The summed E-state index contributed by atoms with van der Waals surface area (Å²) in [6.07, 6.45) is 1.88. The Hall–Kier alpha value is 0.0500. The van der Waals surface area contributed by atoms with E-state index >= 15 is 0 Å². The summed E-state index contributed by atoms with van der Waals surface area (Å²) < 4.78 is 27.4. The molecule has 7 heteroatoms. The van der Waals surface area contributed by atoms with Crippen molar-refractivity contribution < 1.29 is 8.42 Å². The third kappa shape index (κ3) is 4.26. The van der Waals surface area contributed by atoms with E-state index in [1.807, 2.05) is 14.0 Å². The number of sulfonamides is 1. The number of halogens is 1. The molecule has 1 rings (SSSR count). The second kappa shape index (κ2) is 7.73. The van der Waals surface area contributed by atoms with E-state index in [1.165, 1.54) is 11.3 Å². The highest BCUT2D eigenvalue weighted by Crippen LogP contribution is 2.33. The number of hydrogen-bond donors (Lipinski definition) is 1. The Labute approximate surface area is 128 Å². The van der Waals surface area contributed by atoms with Gasteiger partial charge in [0.05, 0.1) is 3.79 Å². The summed E-state index contributed by atoms with van der Waals surface area (Å²) in [5.74, 6) is 0. The molecule has 1 aromatic rings. The van der Waals surface area contributed by atoms with Crippen LogP contribution < -0.4 is 5.32 Å². The highest BCUT2D eigenvalue weighted by Gasteiger charge is 2.26. The van der Waals surface area contributed by atoms with Gasteiger partial charge in [0.1, 0.15) is 4.90 Å². The predicted molar refractivity (Wildman–Crippen MR) is 84.1 cm³/mol. The van der Waals surface area contributed by atoms with E-state index in [4.69, 9.17) is 0 Å². The van der Waals surface area contributed by atoms with Crippen molar-refractivity contribution in [2.45, 2.75) is 38.1 Å². The molecule has 0 spiro atoms. The summed E-state index contributed by atoms with van der Waals surface area (Å²) >= 11 is 4.84. The van der Waals surface area contributed by atoms with Gasteiger partial charge >= 0.3 is 0 Å². The predicted octanol–water partition coefficient (Wildman–Crippen LogP) is 3.04. The monoisotopic (exact) mass is 368 g/mol. The molecule has 0 saturated carbocycles. The third-order valence-electron chi connectivity index (χ3n) is 2.79. The van der Waals surface area contributed by atoms with Crippen LogP contribution in [-0.2, 0) is 16.6 Å². The molecule has 0 aliphatic carbocycles. The van der Waals surface area contributed by atoms with Crippen LogP contribution in [0.2, 0.25) is 0 Å². The van der Waals surface area contributed by atoms with Gasteiger partial charge in [-0.3, -0.25) is 0 Å². The summed E-state index contributed by atoms with van der Waals surface area (Å²) in [5, 5.41) is 3.03. The molecule has 110 valence electrons. The molecule has 0 unspecified atom stereocenters. The summed E-state index contributed by atoms with van der Waals surface area (Å²) in [5.41, 5.74) is 0. The van der Waals surface area contributed by atoms with Crippen molar-refractivity contribution in [2.75, 3.05) is 20.1 Å². The lowest BCUT2D eigenvalue weighted by atomic mass is 10.3. The normalized spacial score (nSPS) is 12.3. The molecule has 0 aliphatic rings. The Kier molecular flexibility index (Phi) is 6.96. The van der Waals surface area contributed by atoms with Crippen molar-refractivity contribution in [1.29, 1.82) is 0 Å². The number of unbranched alkanes of at least 4 members (excludes halogenated alkanes) is 1. The average molecular weight is 369 g/mol. The van der Waals surface area contributed by atoms with Crippen LogP contribution in [0.25, 0.3) is 0 Å². The van der Waals surface area contributed by atoms with E-state index < -0.39 is 10.0 Å². The fraction of sp³-hybridized carbons (Fsp3) is 0.667. The molecule has 4 nitrogen and oxygen atoms in total. The minimum atomic E-state index is -3.38. The van der Waals surface area contributed by atoms with Gasteiger partial charge in [-0.05, 0) is 35.5 Å². The number of rotatable bonds is 8. The fourth-order valence-corrected chi connectivity index (χ4v) is 5.89. The van der Waals surface area contributed by atoms with Crippen molar-refractivity contribution in [1.82, 2.24) is 9.62 Å². The van der Waals surface area contributed by atoms with Crippen LogP contribution in [0.1, 0.15) is 31.6 Å². The number of nitrogens with one attached hydrogen (secondary N) is 1. The van der Waals surface area contributed by atoms with Crippen molar-refractivity contribution in [3.8, 4) is 0 Å². The molecule has 1 heterocycles. The second-order valence-corrected chi connectivity index (χ2v) is 8.59. The van der Waals surface area contributed by atoms with Crippen LogP contribution in [0.5, 0.6) is 0 Å². The maximum absolute atomic E-state index is 12.6. The molecule has 0 fully saturated rings. The zero-order chi connectivity index (χ0) is 14.5. The minimum Gasteiger partial charge on any atom is -0.315 e. The number of thiophene rings is 1. The van der Waals surface area contributed by atoms with Crippen molar-refractivity contribution in [3.05, 3.63) is 14.7 Å². The van der Waals surface area contributed by atoms with Crippen molar-refractivity contribution in [2.24, 2.45) is 0 Å². The molecule has 0 aliphatic heterocycles. The lowest BCUT2D eigenvalue weighted by Crippen LogP contribution is -2.31. The van der Waals surface area contributed by atoms with Gasteiger partial charge in [-0.1, -0.05) is 20.3 Å². The highest BCUT2D eigenvalue weighted by atomic mass is 79.9. The van der Waals surface area contributed by atoms with Crippen molar-refractivity contribution in [3.63, 3.8) is 0 Å². The summed E-state index contributed by atoms with van der Waals surface area (Å²) in [6.45, 7) is 5.71. The largest absolute Gasteiger partial charge is 0.315 e. The summed E-state index contributed by atoms with van der Waals surface area (Å²) in [6, 6.07) is 1.76. The van der Waals surface area contributed by atoms with Crippen molar-refractivity contribution >= 4 is 37.3 Å². The van der Waals surface area contributed by atoms with Crippen LogP contribution in [0.3, 0.4) is 0 Å². The van der Waals surface area contributed by atoms with Crippen LogP contribution in [0.4, 0.5) is 0 Å². The van der Waals surface area contributed by atoms with Gasteiger partial charge < -0.3 is 5.32 Å². The summed E-state index contributed by atoms with van der Waals surface area (Å²) in [7, 11) is -1.53. The molecule has 1 aromatic heterocycles. The third-order valence-corrected chi connectivity index (χ3v) is 7.02. The van der Waals surface area contributed by atoms with E-state index in [0.29, 0.717) is 28.3 Å². The van der Waals surface area contributed by atoms with Gasteiger partial charge in [-0.2, -0.15) is 4.31 Å². The van der Waals surface area contributed by atoms with Gasteiger partial charge in [0.15, 0.2) is 0 Å². The molecule has 1 N–H and O–H groups in total. The average Bonchev–Trinajstić information content (AvgIpc) is 2.72. The van der Waals surface area contributed by atoms with Gasteiger partial charge in [-0.15, -0.1) is 11.3 Å². The van der Waals surface area contributed by atoms with E-state index in [2.05, 4.69) is 28.2 Å². The standard InChI is InChI=1S/C12H21BrN2O2S2/c1-4-6-7-15(5-2)19(16,17)11-8-10(9-14-3)18-12(11)13/h8,14H,4-7,9H2,1-3H3. The second-order valence-electron chi connectivity index (χ2n) is 4.23. The molecule has 0 saturated heterocycles. The lowest BCUT2D eigenvalue weighted by Gasteiger charge is -2.19. The van der Waals surface area contributed by atoms with Gasteiger partial charge in [0, 0.05) is 24.5 Å². The molecular weight excluding hydrogens is 348 g/mol.